The molecular weight excluding hydrogens is 476 g/mol. The fraction of sp³-hybridized carbons (Fsp3) is 0.357. The lowest BCUT2D eigenvalue weighted by atomic mass is 9.60. The van der Waals surface area contributed by atoms with E-state index < -0.39 is 11.5 Å². The number of nitrogens with one attached hydrogen (secondary N) is 1. The minimum atomic E-state index is -0.935. The van der Waals surface area contributed by atoms with Crippen LogP contribution in [0.3, 0.4) is 0 Å². The zero-order valence-electron chi connectivity index (χ0n) is 18.6. The molecule has 0 amide bonds. The smallest absolute Gasteiger partial charge is 0.329 e. The van der Waals surface area contributed by atoms with Gasteiger partial charge in [-0.15, -0.1) is 0 Å². The van der Waals surface area contributed by atoms with Crippen molar-refractivity contribution in [3.05, 3.63) is 94.2 Å². The molecule has 1 atom stereocenters. The Morgan fingerprint density at radius 2 is 1.82 bits per heavy atom. The second-order valence-corrected chi connectivity index (χ2v) is 10.5. The summed E-state index contributed by atoms with van der Waals surface area (Å²) in [7, 11) is 0. The van der Waals surface area contributed by atoms with Gasteiger partial charge in [0.05, 0.1) is 0 Å². The molecule has 0 aliphatic heterocycles. The average molecular weight is 505 g/mol. The monoisotopic (exact) mass is 504 g/mol. The molecular formula is C28H29BrN2O2. The second kappa shape index (κ2) is 8.94. The third-order valence-electron chi connectivity index (χ3n) is 7.89. The highest BCUT2D eigenvalue weighted by atomic mass is 79.9. The van der Waals surface area contributed by atoms with Crippen LogP contribution < -0.4 is 5.32 Å². The van der Waals surface area contributed by atoms with E-state index in [4.69, 9.17) is 0 Å². The van der Waals surface area contributed by atoms with Crippen LogP contribution in [0, 0.1) is 5.92 Å². The molecule has 2 aliphatic carbocycles. The van der Waals surface area contributed by atoms with Crippen LogP contribution in [0.2, 0.25) is 0 Å². The number of nitrogens with zero attached hydrogens (tertiary/aromatic N) is 1. The molecule has 2 N–H and O–H groups in total. The molecule has 5 heteroatoms. The van der Waals surface area contributed by atoms with Crippen molar-refractivity contribution in [1.29, 1.82) is 0 Å². The van der Waals surface area contributed by atoms with Crippen molar-refractivity contribution in [3.63, 3.8) is 0 Å². The van der Waals surface area contributed by atoms with E-state index in [1.165, 1.54) is 11.1 Å². The number of aryl methyl sites for hydroxylation is 1. The van der Waals surface area contributed by atoms with Gasteiger partial charge >= 0.3 is 5.97 Å². The minimum absolute atomic E-state index is 0.0449. The molecule has 1 heterocycles. The van der Waals surface area contributed by atoms with E-state index in [0.29, 0.717) is 18.8 Å². The molecule has 0 saturated heterocycles. The van der Waals surface area contributed by atoms with Crippen LogP contribution in [0.1, 0.15) is 48.9 Å². The van der Waals surface area contributed by atoms with E-state index >= 15 is 0 Å². The van der Waals surface area contributed by atoms with Crippen LogP contribution in [0.15, 0.2) is 77.4 Å². The number of carboxylic acid groups (broad SMARTS) is 1. The third-order valence-corrected chi connectivity index (χ3v) is 8.38. The highest BCUT2D eigenvalue weighted by Crippen LogP contribution is 2.55. The summed E-state index contributed by atoms with van der Waals surface area (Å²) in [6.45, 7) is 0. The van der Waals surface area contributed by atoms with Gasteiger partial charge in [-0.3, -0.25) is 4.98 Å². The Labute approximate surface area is 203 Å². The summed E-state index contributed by atoms with van der Waals surface area (Å²) in [4.78, 5) is 17.1. The van der Waals surface area contributed by atoms with Crippen molar-refractivity contribution in [2.75, 3.05) is 5.32 Å². The molecule has 33 heavy (non-hydrogen) atoms. The quantitative estimate of drug-likeness (QED) is 0.407. The Kier molecular flexibility index (Phi) is 6.00. The maximum Gasteiger partial charge on any atom is 0.329 e. The van der Waals surface area contributed by atoms with Crippen LogP contribution in [0.5, 0.6) is 0 Å². The summed E-state index contributed by atoms with van der Waals surface area (Å²) in [6, 6.07) is 22.7. The normalized spacial score (nSPS) is 26.2. The molecule has 4 nitrogen and oxygen atoms in total. The summed E-state index contributed by atoms with van der Waals surface area (Å²) in [5, 5.41) is 13.7. The number of benzene rings is 2. The van der Waals surface area contributed by atoms with Gasteiger partial charge in [0.15, 0.2) is 0 Å². The van der Waals surface area contributed by atoms with Crippen molar-refractivity contribution in [2.45, 2.75) is 55.9 Å². The maximum absolute atomic E-state index is 12.5. The van der Waals surface area contributed by atoms with Crippen molar-refractivity contribution < 1.29 is 9.90 Å². The fourth-order valence-corrected chi connectivity index (χ4v) is 6.55. The van der Waals surface area contributed by atoms with Gasteiger partial charge in [0.1, 0.15) is 5.54 Å². The largest absolute Gasteiger partial charge is 0.480 e. The molecule has 1 fully saturated rings. The Morgan fingerprint density at radius 3 is 2.55 bits per heavy atom. The predicted molar refractivity (Wildman–Crippen MR) is 134 cm³/mol. The van der Waals surface area contributed by atoms with Gasteiger partial charge in [0.25, 0.3) is 0 Å². The van der Waals surface area contributed by atoms with Crippen LogP contribution in [-0.4, -0.2) is 21.6 Å². The molecule has 1 aromatic heterocycles. The first-order valence-electron chi connectivity index (χ1n) is 11.8. The van der Waals surface area contributed by atoms with E-state index in [9.17, 15) is 9.90 Å². The summed E-state index contributed by atoms with van der Waals surface area (Å²) >= 11 is 3.50. The highest BCUT2D eigenvalue weighted by Gasteiger charge is 2.53. The number of fused-ring (bicyclic) bond motifs is 2. The Bertz CT molecular complexity index is 1140. The van der Waals surface area contributed by atoms with Gasteiger partial charge in [-0.25, -0.2) is 4.79 Å². The Morgan fingerprint density at radius 1 is 1.03 bits per heavy atom. The molecule has 1 unspecified atom stereocenters. The number of carbonyl (C=O) groups is 1. The summed E-state index contributed by atoms with van der Waals surface area (Å²) < 4.78 is 0.944. The summed E-state index contributed by atoms with van der Waals surface area (Å²) in [5.74, 6) is -0.247. The van der Waals surface area contributed by atoms with Gasteiger partial charge < -0.3 is 10.4 Å². The van der Waals surface area contributed by atoms with Crippen molar-refractivity contribution in [3.8, 4) is 0 Å². The van der Waals surface area contributed by atoms with Gasteiger partial charge in [-0.05, 0) is 97.7 Å². The van der Waals surface area contributed by atoms with Crippen molar-refractivity contribution in [2.24, 2.45) is 5.92 Å². The lowest BCUT2D eigenvalue weighted by Gasteiger charge is -2.47. The number of hydrogen-bond acceptors (Lipinski definition) is 3. The van der Waals surface area contributed by atoms with Crippen LogP contribution in [0.4, 0.5) is 5.69 Å². The first-order chi connectivity index (χ1) is 16.0. The van der Waals surface area contributed by atoms with Crippen LogP contribution in [0.25, 0.3) is 0 Å². The molecule has 2 aromatic carbocycles. The molecule has 3 aromatic rings. The van der Waals surface area contributed by atoms with Gasteiger partial charge in [0, 0.05) is 22.1 Å². The Hall–Kier alpha value is -2.66. The third kappa shape index (κ3) is 4.19. The molecule has 0 radical (unpaired) electrons. The maximum atomic E-state index is 12.5. The lowest BCUT2D eigenvalue weighted by Crippen LogP contribution is -2.53. The summed E-state index contributed by atoms with van der Waals surface area (Å²) in [6.07, 6.45) is 7.96. The second-order valence-electron chi connectivity index (χ2n) is 9.60. The molecule has 1 spiro atoms. The first kappa shape index (κ1) is 22.1. The Balaban J connectivity index is 1.41. The van der Waals surface area contributed by atoms with E-state index in [1.807, 2.05) is 36.5 Å². The highest BCUT2D eigenvalue weighted by molar-refractivity contribution is 9.10. The van der Waals surface area contributed by atoms with Crippen LogP contribution in [-0.2, 0) is 23.1 Å². The number of anilines is 1. The zero-order chi connectivity index (χ0) is 22.9. The first-order valence-corrected chi connectivity index (χ1v) is 12.6. The minimum Gasteiger partial charge on any atom is -0.480 e. The van der Waals surface area contributed by atoms with Gasteiger partial charge in [-0.2, -0.15) is 0 Å². The average Bonchev–Trinajstić information content (AvgIpc) is 3.13. The van der Waals surface area contributed by atoms with Gasteiger partial charge in [-0.1, -0.05) is 52.3 Å². The number of halogens is 1. The summed E-state index contributed by atoms with van der Waals surface area (Å²) in [5.41, 5.74) is 3.97. The molecule has 170 valence electrons. The molecule has 2 aliphatic rings. The number of hydrogen-bond donors (Lipinski definition) is 2. The molecule has 5 rings (SSSR count). The molecule has 0 bridgehead atoms. The van der Waals surface area contributed by atoms with Gasteiger partial charge in [0.2, 0.25) is 0 Å². The lowest BCUT2D eigenvalue weighted by molar-refractivity contribution is -0.144. The van der Waals surface area contributed by atoms with E-state index in [0.717, 1.165) is 48.0 Å². The van der Waals surface area contributed by atoms with E-state index in [2.05, 4.69) is 62.6 Å². The van der Waals surface area contributed by atoms with Crippen molar-refractivity contribution >= 4 is 27.6 Å². The number of rotatable bonds is 6. The zero-order valence-corrected chi connectivity index (χ0v) is 20.2. The fourth-order valence-electron chi connectivity index (χ4n) is 6.15. The number of aromatic nitrogens is 1. The van der Waals surface area contributed by atoms with Crippen molar-refractivity contribution in [1.82, 2.24) is 4.98 Å². The molecule has 1 saturated carbocycles. The standard InChI is InChI=1S/C28H29BrN2O2/c29-22-7-5-9-24(19-22)31-28(26(32)33)15-13-27(14-16-28)21(11-12-23-8-3-4-17-30-23)18-20-6-1-2-10-25(20)27/h1-10,17,19,21,31H,11-16,18H2,(H,32,33). The number of carboxylic acids is 1. The predicted octanol–water partition coefficient (Wildman–Crippen LogP) is 6.40. The number of aliphatic carboxylic acids is 1. The van der Waals surface area contributed by atoms with E-state index in [1.54, 1.807) is 0 Å². The SMILES string of the molecule is O=C(O)C1(Nc2cccc(Br)c2)CCC2(CC1)c1ccccc1CC2CCc1ccccn1. The topological polar surface area (TPSA) is 62.2 Å². The number of pyridine rings is 1. The van der Waals surface area contributed by atoms with Crippen LogP contribution >= 0.6 is 15.9 Å². The van der Waals surface area contributed by atoms with E-state index in [-0.39, 0.29) is 5.41 Å².